The molecule has 1 atom stereocenters. The van der Waals surface area contributed by atoms with Crippen molar-refractivity contribution in [3.05, 3.63) is 71.8 Å². The predicted octanol–water partition coefficient (Wildman–Crippen LogP) is 9.38. The Bertz CT molecular complexity index is 1110. The minimum atomic E-state index is -0.503. The zero-order valence-electron chi connectivity index (χ0n) is 27.6. The van der Waals surface area contributed by atoms with Crippen LogP contribution < -0.4 is 0 Å². The smallest absolute Gasteiger partial charge is 0.335 e. The molecule has 0 radical (unpaired) electrons. The minimum Gasteiger partial charge on any atom is -0.462 e. The van der Waals surface area contributed by atoms with Gasteiger partial charge in [0.25, 0.3) is 0 Å². The number of carbonyl (C=O) groups excluding carboxylic acids is 1. The molecule has 242 valence electrons. The minimum absolute atomic E-state index is 0.109. The van der Waals surface area contributed by atoms with E-state index in [1.165, 1.54) is 112 Å². The van der Waals surface area contributed by atoms with E-state index in [1.807, 2.05) is 0 Å². The van der Waals surface area contributed by atoms with Crippen LogP contribution in [0.15, 0.2) is 60.7 Å². The molecule has 0 spiro atoms. The van der Waals surface area contributed by atoms with Crippen LogP contribution >= 0.6 is 0 Å². The van der Waals surface area contributed by atoms with Gasteiger partial charge in [-0.05, 0) is 110 Å². The molecule has 0 aliphatic heterocycles. The van der Waals surface area contributed by atoms with E-state index in [9.17, 15) is 4.79 Å². The summed E-state index contributed by atoms with van der Waals surface area (Å²) in [5.41, 5.74) is 5.69. The summed E-state index contributed by atoms with van der Waals surface area (Å²) in [4.78, 5) is 11.9. The van der Waals surface area contributed by atoms with Gasteiger partial charge in [0.15, 0.2) is 0 Å². The summed E-state index contributed by atoms with van der Waals surface area (Å²) in [6.45, 7) is 6.38. The molecule has 0 saturated heterocycles. The first-order valence-corrected chi connectivity index (χ1v) is 17.6. The van der Waals surface area contributed by atoms with Crippen LogP contribution in [0.5, 0.6) is 0 Å². The lowest BCUT2D eigenvalue weighted by atomic mass is 9.68. The highest BCUT2D eigenvalue weighted by molar-refractivity contribution is 5.87. The van der Waals surface area contributed by atoms with Gasteiger partial charge >= 0.3 is 5.97 Å². The number of ether oxygens (including phenoxy) is 2. The normalized spacial score (nSPS) is 22.8. The van der Waals surface area contributed by atoms with Crippen LogP contribution in [0.25, 0.3) is 11.1 Å². The van der Waals surface area contributed by atoms with Crippen LogP contribution in [0.3, 0.4) is 0 Å². The standard InChI is InChI=1S/C40H58O4/c1-4-5-6-31-11-19-36(20-12-31)37-21-13-32(14-22-37)7-8-33-15-23-38(24-16-33)39-25-17-34(18-26-39)9-10-35(28-43-3)29-44-40(42)30(2)27-41/h11-14,19-22,33-35,38-39,41H,2,4-10,15-18,23-29H2,1,3H3. The Balaban J connectivity index is 1.11. The van der Waals surface area contributed by atoms with Crippen LogP contribution in [0, 0.1) is 29.6 Å². The lowest BCUT2D eigenvalue weighted by molar-refractivity contribution is -0.141. The lowest BCUT2D eigenvalue weighted by Gasteiger charge is -2.38. The Labute approximate surface area is 267 Å². The van der Waals surface area contributed by atoms with E-state index in [4.69, 9.17) is 14.6 Å². The third-order valence-electron chi connectivity index (χ3n) is 10.7. The number of aliphatic hydroxyl groups is 1. The van der Waals surface area contributed by atoms with E-state index in [0.717, 1.165) is 30.1 Å². The van der Waals surface area contributed by atoms with E-state index >= 15 is 0 Å². The molecular formula is C40H58O4. The largest absolute Gasteiger partial charge is 0.462 e. The zero-order valence-corrected chi connectivity index (χ0v) is 27.6. The number of aliphatic hydroxyl groups excluding tert-OH is 1. The molecule has 0 heterocycles. The quantitative estimate of drug-likeness (QED) is 0.145. The number of methoxy groups -OCH3 is 1. The first-order chi connectivity index (χ1) is 21.5. The van der Waals surface area contributed by atoms with Crippen LogP contribution in [0.1, 0.15) is 102 Å². The summed E-state index contributed by atoms with van der Waals surface area (Å²) in [5.74, 6) is 3.22. The average Bonchev–Trinajstić information content (AvgIpc) is 3.08. The molecule has 2 aliphatic rings. The van der Waals surface area contributed by atoms with Gasteiger partial charge in [0, 0.05) is 13.0 Å². The summed E-state index contributed by atoms with van der Waals surface area (Å²) in [7, 11) is 1.70. The number of esters is 1. The fourth-order valence-corrected chi connectivity index (χ4v) is 7.66. The van der Waals surface area contributed by atoms with Gasteiger partial charge in [-0.1, -0.05) is 94.1 Å². The molecule has 4 nitrogen and oxygen atoms in total. The first-order valence-electron chi connectivity index (χ1n) is 17.6. The maximum Gasteiger partial charge on any atom is 0.335 e. The van der Waals surface area contributed by atoms with Crippen LogP contribution in [0.4, 0.5) is 0 Å². The van der Waals surface area contributed by atoms with Gasteiger partial charge < -0.3 is 14.6 Å². The third kappa shape index (κ3) is 10.9. The highest BCUT2D eigenvalue weighted by Gasteiger charge is 2.31. The number of benzene rings is 2. The van der Waals surface area contributed by atoms with Crippen molar-refractivity contribution < 1.29 is 19.4 Å². The number of hydrogen-bond acceptors (Lipinski definition) is 4. The second-order valence-corrected chi connectivity index (χ2v) is 13.9. The number of rotatable bonds is 17. The highest BCUT2D eigenvalue weighted by atomic mass is 16.5. The monoisotopic (exact) mass is 602 g/mol. The van der Waals surface area contributed by atoms with Crippen molar-refractivity contribution >= 4 is 5.97 Å². The van der Waals surface area contributed by atoms with Crippen molar-refractivity contribution in [1.29, 1.82) is 0 Å². The van der Waals surface area contributed by atoms with Crippen LogP contribution in [-0.4, -0.2) is 38.0 Å². The van der Waals surface area contributed by atoms with Gasteiger partial charge in [-0.25, -0.2) is 4.79 Å². The Hall–Kier alpha value is -2.43. The van der Waals surface area contributed by atoms with Crippen molar-refractivity contribution in [3.8, 4) is 11.1 Å². The zero-order chi connectivity index (χ0) is 31.1. The van der Waals surface area contributed by atoms with Crippen molar-refractivity contribution in [2.75, 3.05) is 26.9 Å². The summed E-state index contributed by atoms with van der Waals surface area (Å²) in [6, 6.07) is 18.5. The summed E-state index contributed by atoms with van der Waals surface area (Å²) >= 11 is 0. The van der Waals surface area contributed by atoms with E-state index in [2.05, 4.69) is 62.0 Å². The molecule has 1 N–H and O–H groups in total. The van der Waals surface area contributed by atoms with E-state index in [0.29, 0.717) is 13.2 Å². The molecule has 2 saturated carbocycles. The predicted molar refractivity (Wildman–Crippen MR) is 181 cm³/mol. The second kappa shape index (κ2) is 18.5. The first kappa shape index (κ1) is 34.4. The van der Waals surface area contributed by atoms with Crippen molar-refractivity contribution in [2.24, 2.45) is 29.6 Å². The average molecular weight is 603 g/mol. The number of hydrogen-bond donors (Lipinski definition) is 1. The fourth-order valence-electron chi connectivity index (χ4n) is 7.66. The third-order valence-corrected chi connectivity index (χ3v) is 10.7. The van der Waals surface area contributed by atoms with Crippen LogP contribution in [-0.2, 0) is 27.1 Å². The molecular weight excluding hydrogens is 544 g/mol. The molecule has 0 amide bonds. The molecule has 0 bridgehead atoms. The number of carbonyl (C=O) groups is 1. The molecule has 2 aromatic rings. The Morgan fingerprint density at radius 2 is 1.32 bits per heavy atom. The van der Waals surface area contributed by atoms with Crippen molar-refractivity contribution in [2.45, 2.75) is 103 Å². The maximum atomic E-state index is 11.9. The van der Waals surface area contributed by atoms with Gasteiger partial charge in [-0.3, -0.25) is 0 Å². The number of unbranched alkanes of at least 4 members (excludes halogenated alkanes) is 1. The molecule has 0 aromatic heterocycles. The summed E-state index contributed by atoms with van der Waals surface area (Å²) < 4.78 is 10.7. The van der Waals surface area contributed by atoms with Crippen LogP contribution in [0.2, 0.25) is 0 Å². The highest BCUT2D eigenvalue weighted by Crippen LogP contribution is 2.43. The van der Waals surface area contributed by atoms with Crippen molar-refractivity contribution in [3.63, 3.8) is 0 Å². The Kier molecular flexibility index (Phi) is 14.5. The van der Waals surface area contributed by atoms with E-state index in [-0.39, 0.29) is 18.1 Å². The van der Waals surface area contributed by atoms with Gasteiger partial charge in [0.1, 0.15) is 0 Å². The fraction of sp³-hybridized carbons (Fsp3) is 0.625. The second-order valence-electron chi connectivity index (χ2n) is 13.9. The topological polar surface area (TPSA) is 55.8 Å². The lowest BCUT2D eigenvalue weighted by Crippen LogP contribution is -2.26. The van der Waals surface area contributed by atoms with Gasteiger partial charge in [-0.15, -0.1) is 0 Å². The maximum absolute atomic E-state index is 11.9. The molecule has 4 heteroatoms. The molecule has 2 aromatic carbocycles. The van der Waals surface area contributed by atoms with Gasteiger partial charge in [-0.2, -0.15) is 0 Å². The van der Waals surface area contributed by atoms with Gasteiger partial charge in [0.05, 0.1) is 25.4 Å². The molecule has 44 heavy (non-hydrogen) atoms. The van der Waals surface area contributed by atoms with E-state index < -0.39 is 5.97 Å². The molecule has 1 unspecified atom stereocenters. The molecule has 2 aliphatic carbocycles. The SMILES string of the molecule is C=C(CO)C(=O)OCC(CCC1CCC(C2CCC(CCc3ccc(-c4ccc(CCCC)cc4)cc3)CC2)CC1)COC. The summed E-state index contributed by atoms with van der Waals surface area (Å²) in [6.07, 6.45) is 19.5. The Morgan fingerprint density at radius 1 is 0.795 bits per heavy atom. The Morgan fingerprint density at radius 3 is 1.82 bits per heavy atom. The number of aryl methyl sites for hydroxylation is 2. The van der Waals surface area contributed by atoms with E-state index in [1.54, 1.807) is 7.11 Å². The molecule has 2 fully saturated rings. The van der Waals surface area contributed by atoms with Gasteiger partial charge in [0.2, 0.25) is 0 Å². The summed E-state index contributed by atoms with van der Waals surface area (Å²) in [5, 5.41) is 9.08. The molecule has 4 rings (SSSR count). The van der Waals surface area contributed by atoms with Crippen molar-refractivity contribution in [1.82, 2.24) is 0 Å².